The Bertz CT molecular complexity index is 1070. The molecule has 2 aromatic rings. The molecule has 0 spiro atoms. The Hall–Kier alpha value is -2.72. The Morgan fingerprint density at radius 1 is 1.03 bits per heavy atom. The molecule has 2 aromatic carbocycles. The van der Waals surface area contributed by atoms with Crippen LogP contribution in [0.15, 0.2) is 47.6 Å². The number of benzene rings is 2. The van der Waals surface area contributed by atoms with Gasteiger partial charge < -0.3 is 14.9 Å². The monoisotopic (exact) mass is 428 g/mol. The van der Waals surface area contributed by atoms with Crippen molar-refractivity contribution in [3.63, 3.8) is 0 Å². The highest BCUT2D eigenvalue weighted by Gasteiger charge is 2.27. The van der Waals surface area contributed by atoms with Gasteiger partial charge in [-0.25, -0.2) is 4.39 Å². The minimum Gasteiger partial charge on any atom is -0.507 e. The summed E-state index contributed by atoms with van der Waals surface area (Å²) in [4.78, 5) is 0. The number of ether oxygens (including phenoxy) is 1. The van der Waals surface area contributed by atoms with Crippen molar-refractivity contribution in [2.75, 3.05) is 0 Å². The number of hydrogen-bond donors (Lipinski definition) is 2. The quantitative estimate of drug-likeness (QED) is 0.510. The molecule has 0 amide bonds. The van der Waals surface area contributed by atoms with Crippen LogP contribution in [0.2, 0.25) is 5.02 Å². The number of aromatic hydroxyl groups is 2. The van der Waals surface area contributed by atoms with E-state index in [0.717, 1.165) is 11.1 Å². The fourth-order valence-electron chi connectivity index (χ4n) is 3.35. The molecule has 0 fully saturated rings. The molecule has 0 saturated heterocycles. The van der Waals surface area contributed by atoms with E-state index in [-0.39, 0.29) is 16.5 Å². The first-order valence-electron chi connectivity index (χ1n) is 9.87. The maximum atomic E-state index is 13.9. The standard InChI is InChI=1S/C25H26ClFO3/c1-14(2)5-8-17-23(28)18(9-6-15(3)4)25-19(24(17)29)10-12-22(30-25)16-7-11-20(26)21(27)13-16/h5-7,11-13,28-29H,8-10H2,1-4H3. The molecule has 30 heavy (non-hydrogen) atoms. The molecule has 0 unspecified atom stereocenters. The first-order valence-corrected chi connectivity index (χ1v) is 10.3. The minimum atomic E-state index is -0.531. The molecule has 0 radical (unpaired) electrons. The van der Waals surface area contributed by atoms with Crippen LogP contribution in [0.4, 0.5) is 4.39 Å². The van der Waals surface area contributed by atoms with Gasteiger partial charge in [0, 0.05) is 28.7 Å². The second kappa shape index (κ2) is 8.97. The summed E-state index contributed by atoms with van der Waals surface area (Å²) in [7, 11) is 0. The van der Waals surface area contributed by atoms with Gasteiger partial charge in [-0.05, 0) is 64.8 Å². The Kier molecular flexibility index (Phi) is 6.57. The largest absolute Gasteiger partial charge is 0.507 e. The molecular weight excluding hydrogens is 403 g/mol. The molecule has 5 heteroatoms. The average molecular weight is 429 g/mol. The number of rotatable bonds is 5. The molecule has 0 atom stereocenters. The van der Waals surface area contributed by atoms with Crippen LogP contribution in [-0.2, 0) is 19.3 Å². The van der Waals surface area contributed by atoms with Crippen LogP contribution in [0.1, 0.15) is 49.9 Å². The van der Waals surface area contributed by atoms with Crippen molar-refractivity contribution < 1.29 is 19.3 Å². The number of fused-ring (bicyclic) bond motifs is 1. The second-order valence-corrected chi connectivity index (χ2v) is 8.34. The minimum absolute atomic E-state index is 0.0322. The Morgan fingerprint density at radius 3 is 2.27 bits per heavy atom. The Balaban J connectivity index is 2.11. The van der Waals surface area contributed by atoms with Gasteiger partial charge in [-0.15, -0.1) is 0 Å². The fraction of sp³-hybridized carbons (Fsp3) is 0.280. The maximum Gasteiger partial charge on any atom is 0.142 e. The topological polar surface area (TPSA) is 49.7 Å². The number of halogens is 2. The average Bonchev–Trinajstić information content (AvgIpc) is 2.69. The predicted molar refractivity (Wildman–Crippen MR) is 120 cm³/mol. The van der Waals surface area contributed by atoms with Crippen molar-refractivity contribution in [2.45, 2.75) is 47.0 Å². The van der Waals surface area contributed by atoms with Gasteiger partial charge in [0.15, 0.2) is 0 Å². The van der Waals surface area contributed by atoms with Gasteiger partial charge in [0.2, 0.25) is 0 Å². The van der Waals surface area contributed by atoms with Crippen molar-refractivity contribution in [1.82, 2.24) is 0 Å². The van der Waals surface area contributed by atoms with Crippen LogP contribution in [0.5, 0.6) is 17.2 Å². The molecule has 1 heterocycles. The molecule has 2 N–H and O–H groups in total. The Morgan fingerprint density at radius 2 is 1.67 bits per heavy atom. The van der Waals surface area contributed by atoms with E-state index in [4.69, 9.17) is 16.3 Å². The molecule has 0 aromatic heterocycles. The van der Waals surface area contributed by atoms with Crippen molar-refractivity contribution >= 4 is 17.4 Å². The molecule has 0 saturated carbocycles. The van der Waals surface area contributed by atoms with Crippen molar-refractivity contribution in [1.29, 1.82) is 0 Å². The normalized spacial score (nSPS) is 12.5. The lowest BCUT2D eigenvalue weighted by molar-refractivity contribution is 0.413. The lowest BCUT2D eigenvalue weighted by atomic mass is 9.92. The zero-order valence-electron chi connectivity index (χ0n) is 17.6. The Labute approximate surface area is 181 Å². The number of hydrogen-bond acceptors (Lipinski definition) is 3. The van der Waals surface area contributed by atoms with Crippen molar-refractivity contribution in [3.8, 4) is 17.2 Å². The zero-order chi connectivity index (χ0) is 22.0. The lowest BCUT2D eigenvalue weighted by Crippen LogP contribution is -2.09. The summed E-state index contributed by atoms with van der Waals surface area (Å²) in [5.74, 6) is 0.434. The molecule has 3 nitrogen and oxygen atoms in total. The van der Waals surface area contributed by atoms with Crippen molar-refractivity contribution in [3.05, 3.63) is 80.7 Å². The van der Waals surface area contributed by atoms with Gasteiger partial charge in [0.1, 0.15) is 28.8 Å². The third-order valence-electron chi connectivity index (χ3n) is 5.03. The van der Waals surface area contributed by atoms with Crippen LogP contribution in [-0.4, -0.2) is 10.2 Å². The summed E-state index contributed by atoms with van der Waals surface area (Å²) in [5.41, 5.74) is 4.48. The summed E-state index contributed by atoms with van der Waals surface area (Å²) in [5, 5.41) is 21.9. The molecule has 1 aliphatic rings. The summed E-state index contributed by atoms with van der Waals surface area (Å²) < 4.78 is 20.0. The van der Waals surface area contributed by atoms with E-state index in [1.54, 1.807) is 12.1 Å². The van der Waals surface area contributed by atoms with E-state index in [0.29, 0.717) is 53.0 Å². The molecule has 3 rings (SSSR count). The highest BCUT2D eigenvalue weighted by atomic mass is 35.5. The summed E-state index contributed by atoms with van der Waals surface area (Å²) in [6, 6.07) is 4.48. The number of phenolic OH excluding ortho intramolecular Hbond substituents is 2. The lowest BCUT2D eigenvalue weighted by Gasteiger charge is -2.25. The fourth-order valence-corrected chi connectivity index (χ4v) is 3.47. The van der Waals surface area contributed by atoms with Crippen LogP contribution >= 0.6 is 11.6 Å². The first kappa shape index (κ1) is 22.0. The number of phenols is 2. The van der Waals surface area contributed by atoms with Gasteiger partial charge in [0.05, 0.1) is 5.02 Å². The summed E-state index contributed by atoms with van der Waals surface area (Å²) in [6.45, 7) is 7.91. The number of allylic oxidation sites excluding steroid dienone is 5. The van der Waals surface area contributed by atoms with Crippen molar-refractivity contribution in [2.24, 2.45) is 0 Å². The summed E-state index contributed by atoms with van der Waals surface area (Å²) in [6.07, 6.45) is 7.06. The van der Waals surface area contributed by atoms with E-state index < -0.39 is 5.82 Å². The first-order chi connectivity index (χ1) is 14.2. The molecule has 1 aliphatic heterocycles. The smallest absolute Gasteiger partial charge is 0.142 e. The van der Waals surface area contributed by atoms with Gasteiger partial charge >= 0.3 is 0 Å². The van der Waals surface area contributed by atoms with Crippen LogP contribution in [0.3, 0.4) is 0 Å². The summed E-state index contributed by atoms with van der Waals surface area (Å²) >= 11 is 5.80. The van der Waals surface area contributed by atoms with Gasteiger partial charge in [-0.1, -0.05) is 34.9 Å². The predicted octanol–water partition coefficient (Wildman–Crippen LogP) is 6.88. The van der Waals surface area contributed by atoms with E-state index in [1.807, 2.05) is 39.8 Å². The van der Waals surface area contributed by atoms with E-state index in [1.165, 1.54) is 12.1 Å². The van der Waals surface area contributed by atoms with Crippen LogP contribution in [0, 0.1) is 5.82 Å². The van der Waals surface area contributed by atoms with E-state index in [9.17, 15) is 14.6 Å². The van der Waals surface area contributed by atoms with E-state index in [2.05, 4.69) is 0 Å². The molecular formula is C25H26ClFO3. The van der Waals surface area contributed by atoms with E-state index >= 15 is 0 Å². The third-order valence-corrected chi connectivity index (χ3v) is 5.33. The van der Waals surface area contributed by atoms with Gasteiger partial charge in [-0.2, -0.15) is 0 Å². The second-order valence-electron chi connectivity index (χ2n) is 7.94. The van der Waals surface area contributed by atoms with Crippen LogP contribution in [0.25, 0.3) is 5.76 Å². The van der Waals surface area contributed by atoms with Gasteiger partial charge in [0.25, 0.3) is 0 Å². The zero-order valence-corrected chi connectivity index (χ0v) is 18.4. The maximum absolute atomic E-state index is 13.9. The molecule has 158 valence electrons. The van der Waals surface area contributed by atoms with Gasteiger partial charge in [-0.3, -0.25) is 0 Å². The molecule has 0 bridgehead atoms. The molecule has 0 aliphatic carbocycles. The SMILES string of the molecule is CC(C)=CCc1c(O)c(CC=C(C)C)c2c(c1O)CC=C(c1ccc(Cl)c(F)c1)O2. The highest BCUT2D eigenvalue weighted by Crippen LogP contribution is 2.47. The third kappa shape index (κ3) is 4.54. The van der Waals surface area contributed by atoms with Crippen LogP contribution < -0.4 is 4.74 Å². The highest BCUT2D eigenvalue weighted by molar-refractivity contribution is 6.30.